The van der Waals surface area contributed by atoms with E-state index in [0.717, 1.165) is 19.3 Å². The van der Waals surface area contributed by atoms with Gasteiger partial charge >= 0.3 is 0 Å². The first-order chi connectivity index (χ1) is 7.67. The zero-order chi connectivity index (χ0) is 11.6. The van der Waals surface area contributed by atoms with Crippen LogP contribution in [0.1, 0.15) is 24.8 Å². The lowest BCUT2D eigenvalue weighted by Gasteiger charge is -2.41. The summed E-state index contributed by atoms with van der Waals surface area (Å²) in [6, 6.07) is 4.66. The van der Waals surface area contributed by atoms with E-state index >= 15 is 0 Å². The monoisotopic (exact) mass is 243 g/mol. The highest BCUT2D eigenvalue weighted by molar-refractivity contribution is 6.31. The minimum absolute atomic E-state index is 0.0963. The molecule has 0 spiro atoms. The second-order valence-electron chi connectivity index (χ2n) is 4.35. The zero-order valence-corrected chi connectivity index (χ0v) is 9.73. The van der Waals surface area contributed by atoms with Crippen LogP contribution in [0.2, 0.25) is 5.02 Å². The van der Waals surface area contributed by atoms with E-state index in [0.29, 0.717) is 17.1 Å². The van der Waals surface area contributed by atoms with Gasteiger partial charge in [-0.15, -0.1) is 0 Å². The molecule has 4 heteroatoms. The first-order valence-electron chi connectivity index (χ1n) is 5.46. The molecule has 0 atom stereocenters. The summed E-state index contributed by atoms with van der Waals surface area (Å²) in [5.41, 5.74) is 0.259. The number of rotatable bonds is 4. The van der Waals surface area contributed by atoms with Crippen LogP contribution in [0.25, 0.3) is 0 Å². The average Bonchev–Trinajstić information content (AvgIpc) is 2.20. The number of hydrogen-bond donors (Lipinski definition) is 2. The van der Waals surface area contributed by atoms with Gasteiger partial charge in [0.05, 0.1) is 6.61 Å². The second-order valence-corrected chi connectivity index (χ2v) is 4.75. The molecule has 0 unspecified atom stereocenters. The van der Waals surface area contributed by atoms with Gasteiger partial charge in [0, 0.05) is 22.7 Å². The van der Waals surface area contributed by atoms with Crippen LogP contribution in [-0.2, 0) is 6.54 Å². The minimum atomic E-state index is -0.299. The highest BCUT2D eigenvalue weighted by Crippen LogP contribution is 2.32. The molecule has 1 aliphatic rings. The first kappa shape index (κ1) is 11.8. The fourth-order valence-corrected chi connectivity index (χ4v) is 2.20. The summed E-state index contributed by atoms with van der Waals surface area (Å²) in [5, 5.41) is 12.9. The standard InChI is InChI=1S/C12H15ClFNO/c13-10-3-1-4-11(14)9(10)7-15-12(8-16)5-2-6-12/h1,3-4,15-16H,2,5-8H2. The quantitative estimate of drug-likeness (QED) is 0.852. The van der Waals surface area contributed by atoms with Crippen molar-refractivity contribution in [1.29, 1.82) is 0 Å². The lowest BCUT2D eigenvalue weighted by atomic mass is 9.77. The first-order valence-corrected chi connectivity index (χ1v) is 5.83. The predicted molar refractivity (Wildman–Crippen MR) is 61.9 cm³/mol. The van der Waals surface area contributed by atoms with Crippen molar-refractivity contribution in [1.82, 2.24) is 5.32 Å². The van der Waals surface area contributed by atoms with E-state index in [1.165, 1.54) is 6.07 Å². The third-order valence-electron chi connectivity index (χ3n) is 3.32. The van der Waals surface area contributed by atoms with E-state index in [4.69, 9.17) is 11.6 Å². The molecule has 1 fully saturated rings. The molecule has 2 nitrogen and oxygen atoms in total. The Kier molecular flexibility index (Phi) is 3.47. The molecule has 16 heavy (non-hydrogen) atoms. The summed E-state index contributed by atoms with van der Waals surface area (Å²) >= 11 is 5.92. The molecular weight excluding hydrogens is 229 g/mol. The number of benzene rings is 1. The molecular formula is C12H15ClFNO. The van der Waals surface area contributed by atoms with E-state index in [-0.39, 0.29) is 18.0 Å². The van der Waals surface area contributed by atoms with Gasteiger partial charge in [0.1, 0.15) is 5.82 Å². The fraction of sp³-hybridized carbons (Fsp3) is 0.500. The van der Waals surface area contributed by atoms with Crippen LogP contribution in [-0.4, -0.2) is 17.3 Å². The number of aliphatic hydroxyl groups excluding tert-OH is 1. The molecule has 2 N–H and O–H groups in total. The summed E-state index contributed by atoms with van der Waals surface area (Å²) in [7, 11) is 0. The molecule has 0 saturated heterocycles. The smallest absolute Gasteiger partial charge is 0.129 e. The summed E-state index contributed by atoms with van der Waals surface area (Å²) < 4.78 is 13.5. The van der Waals surface area contributed by atoms with Crippen LogP contribution < -0.4 is 5.32 Å². The maximum absolute atomic E-state index is 13.5. The molecule has 0 radical (unpaired) electrons. The molecule has 1 aliphatic carbocycles. The molecule has 0 amide bonds. The normalized spacial score (nSPS) is 18.2. The van der Waals surface area contributed by atoms with Crippen LogP contribution in [0.15, 0.2) is 18.2 Å². The Labute approximate surface area is 99.4 Å². The molecule has 1 saturated carbocycles. The van der Waals surface area contributed by atoms with Crippen molar-refractivity contribution in [3.8, 4) is 0 Å². The van der Waals surface area contributed by atoms with E-state index < -0.39 is 0 Å². The number of nitrogens with one attached hydrogen (secondary N) is 1. The molecule has 0 aromatic heterocycles. The average molecular weight is 244 g/mol. The Balaban J connectivity index is 2.04. The summed E-state index contributed by atoms with van der Waals surface area (Å²) in [4.78, 5) is 0. The van der Waals surface area contributed by atoms with Crippen molar-refractivity contribution in [3.63, 3.8) is 0 Å². The van der Waals surface area contributed by atoms with Crippen molar-refractivity contribution in [2.24, 2.45) is 0 Å². The Morgan fingerprint density at radius 1 is 1.44 bits per heavy atom. The van der Waals surface area contributed by atoms with Gasteiger partial charge in [-0.2, -0.15) is 0 Å². The molecule has 0 bridgehead atoms. The molecule has 2 rings (SSSR count). The number of hydrogen-bond acceptors (Lipinski definition) is 2. The summed E-state index contributed by atoms with van der Waals surface area (Å²) in [6.45, 7) is 0.463. The van der Waals surface area contributed by atoms with Gasteiger partial charge in [-0.1, -0.05) is 17.7 Å². The highest BCUT2D eigenvalue weighted by atomic mass is 35.5. The Bertz CT molecular complexity index is 354. The van der Waals surface area contributed by atoms with E-state index in [2.05, 4.69) is 5.32 Å². The Hall–Kier alpha value is -0.640. The SMILES string of the molecule is OCC1(NCc2c(F)cccc2Cl)CCC1. The third kappa shape index (κ3) is 2.21. The highest BCUT2D eigenvalue weighted by Gasteiger charge is 2.35. The number of halogens is 2. The van der Waals surface area contributed by atoms with Crippen LogP contribution in [0.3, 0.4) is 0 Å². The lowest BCUT2D eigenvalue weighted by Crippen LogP contribution is -2.53. The zero-order valence-electron chi connectivity index (χ0n) is 8.97. The van der Waals surface area contributed by atoms with Crippen molar-refractivity contribution in [2.45, 2.75) is 31.3 Å². The van der Waals surface area contributed by atoms with Gasteiger partial charge in [0.15, 0.2) is 0 Å². The van der Waals surface area contributed by atoms with Crippen LogP contribution in [0.5, 0.6) is 0 Å². The number of aliphatic hydroxyl groups is 1. The topological polar surface area (TPSA) is 32.3 Å². The molecule has 88 valence electrons. The van der Waals surface area contributed by atoms with Gasteiger partial charge in [-0.05, 0) is 31.4 Å². The van der Waals surface area contributed by atoms with Crippen molar-refractivity contribution < 1.29 is 9.50 Å². The van der Waals surface area contributed by atoms with Gasteiger partial charge in [0.25, 0.3) is 0 Å². The van der Waals surface area contributed by atoms with Gasteiger partial charge < -0.3 is 10.4 Å². The van der Waals surface area contributed by atoms with Crippen LogP contribution >= 0.6 is 11.6 Å². The summed E-state index contributed by atoms with van der Waals surface area (Å²) in [5.74, 6) is -0.299. The fourth-order valence-electron chi connectivity index (χ4n) is 1.97. The second kappa shape index (κ2) is 4.70. The molecule has 1 aromatic rings. The van der Waals surface area contributed by atoms with Crippen molar-refractivity contribution >= 4 is 11.6 Å². The largest absolute Gasteiger partial charge is 0.394 e. The van der Waals surface area contributed by atoms with E-state index in [9.17, 15) is 9.50 Å². The molecule has 0 heterocycles. The van der Waals surface area contributed by atoms with E-state index in [1.807, 2.05) is 0 Å². The Morgan fingerprint density at radius 3 is 2.69 bits per heavy atom. The maximum Gasteiger partial charge on any atom is 0.129 e. The third-order valence-corrected chi connectivity index (χ3v) is 3.67. The predicted octanol–water partition coefficient (Wildman–Crippen LogP) is 2.48. The maximum atomic E-state index is 13.5. The van der Waals surface area contributed by atoms with Crippen molar-refractivity contribution in [2.75, 3.05) is 6.61 Å². The van der Waals surface area contributed by atoms with E-state index in [1.54, 1.807) is 12.1 Å². The van der Waals surface area contributed by atoms with Crippen molar-refractivity contribution in [3.05, 3.63) is 34.6 Å². The molecule has 0 aliphatic heterocycles. The van der Waals surface area contributed by atoms with Gasteiger partial charge in [0.2, 0.25) is 0 Å². The molecule has 1 aromatic carbocycles. The summed E-state index contributed by atoms with van der Waals surface area (Å²) in [6.07, 6.45) is 2.99. The van der Waals surface area contributed by atoms with Crippen LogP contribution in [0.4, 0.5) is 4.39 Å². The van der Waals surface area contributed by atoms with Gasteiger partial charge in [-0.3, -0.25) is 0 Å². The van der Waals surface area contributed by atoms with Crippen LogP contribution in [0, 0.1) is 5.82 Å². The van der Waals surface area contributed by atoms with Gasteiger partial charge in [-0.25, -0.2) is 4.39 Å². The Morgan fingerprint density at radius 2 is 2.19 bits per heavy atom. The minimum Gasteiger partial charge on any atom is -0.394 e. The lowest BCUT2D eigenvalue weighted by molar-refractivity contribution is 0.0869.